The number of hydrogen-bond donors (Lipinski definition) is 0. The van der Waals surface area contributed by atoms with Gasteiger partial charge >= 0.3 is 0 Å². The number of hydrogen-bond acceptors (Lipinski definition) is 4. The van der Waals surface area contributed by atoms with E-state index in [2.05, 4.69) is 0 Å². The summed E-state index contributed by atoms with van der Waals surface area (Å²) in [5.74, 6) is -2.00. The minimum Gasteiger partial charge on any atom is -0.289 e. The number of carbonyl (C=O) groups is 4. The summed E-state index contributed by atoms with van der Waals surface area (Å²) in [4.78, 5) is 49.4. The largest absolute Gasteiger partial charge is 0.289 e. The third-order valence-corrected chi connectivity index (χ3v) is 4.83. The van der Waals surface area contributed by atoms with Crippen molar-refractivity contribution in [2.45, 2.75) is 13.8 Å². The van der Waals surface area contributed by atoms with Crippen LogP contribution in [0.5, 0.6) is 0 Å². The van der Waals surface area contributed by atoms with Gasteiger partial charge in [0.2, 0.25) is 11.8 Å². The molecule has 2 amide bonds. The Morgan fingerprint density at radius 1 is 0.769 bits per heavy atom. The number of benzene rings is 2. The first-order chi connectivity index (χ1) is 12.3. The number of ketones is 2. The molecule has 0 spiro atoms. The number of anilines is 2. The van der Waals surface area contributed by atoms with E-state index in [1.807, 2.05) is 0 Å². The van der Waals surface area contributed by atoms with Gasteiger partial charge in [-0.15, -0.1) is 0 Å². The molecule has 0 unspecified atom stereocenters. The number of halogens is 2. The summed E-state index contributed by atoms with van der Waals surface area (Å²) in [6.07, 6.45) is 0. The molecule has 2 aromatic carbocycles. The molecular weight excluding hydrogens is 379 g/mol. The third kappa shape index (κ3) is 2.67. The minimum atomic E-state index is -0.603. The molecule has 0 bridgehead atoms. The van der Waals surface area contributed by atoms with Crippen molar-refractivity contribution in [3.8, 4) is 0 Å². The van der Waals surface area contributed by atoms with Gasteiger partial charge in [0.15, 0.2) is 11.6 Å². The summed E-state index contributed by atoms with van der Waals surface area (Å²) in [5.41, 5.74) is 0.414. The van der Waals surface area contributed by atoms with Crippen molar-refractivity contribution in [1.29, 1.82) is 0 Å². The van der Waals surface area contributed by atoms with E-state index in [0.717, 1.165) is 4.42 Å². The van der Waals surface area contributed by atoms with Crippen LogP contribution in [0, 0.1) is 0 Å². The number of amides is 2. The van der Waals surface area contributed by atoms with Crippen molar-refractivity contribution >= 4 is 58.3 Å². The fourth-order valence-electron chi connectivity index (χ4n) is 2.84. The normalized spacial score (nSPS) is 12.3. The predicted molar refractivity (Wildman–Crippen MR) is 97.8 cm³/mol. The molecule has 1 aliphatic carbocycles. The molecule has 132 valence electrons. The Bertz CT molecular complexity index is 987. The molecule has 0 saturated heterocycles. The van der Waals surface area contributed by atoms with Crippen LogP contribution in [0.2, 0.25) is 0 Å². The van der Waals surface area contributed by atoms with Crippen LogP contribution in [0.1, 0.15) is 45.7 Å². The van der Waals surface area contributed by atoms with E-state index in [1.165, 1.54) is 32.0 Å². The Balaban J connectivity index is 2.37. The van der Waals surface area contributed by atoms with Crippen LogP contribution >= 0.6 is 23.6 Å². The Morgan fingerprint density at radius 2 is 1.31 bits per heavy atom. The zero-order valence-corrected chi connectivity index (χ0v) is 15.3. The molecule has 8 heteroatoms. The lowest BCUT2D eigenvalue weighted by molar-refractivity contribution is -0.116. The monoisotopic (exact) mass is 390 g/mol. The molecule has 0 saturated carbocycles. The highest BCUT2D eigenvalue weighted by Crippen LogP contribution is 2.41. The van der Waals surface area contributed by atoms with Gasteiger partial charge in [-0.1, -0.05) is 24.3 Å². The van der Waals surface area contributed by atoms with Crippen molar-refractivity contribution in [3.05, 3.63) is 58.7 Å². The van der Waals surface area contributed by atoms with Gasteiger partial charge in [-0.25, -0.2) is 8.84 Å². The lowest BCUT2D eigenvalue weighted by atomic mass is 9.82. The maximum Gasteiger partial charge on any atom is 0.238 e. The van der Waals surface area contributed by atoms with Crippen LogP contribution in [0.4, 0.5) is 11.4 Å². The smallest absolute Gasteiger partial charge is 0.238 e. The molecule has 2 aromatic rings. The molecule has 0 aliphatic heterocycles. The molecule has 26 heavy (non-hydrogen) atoms. The average Bonchev–Trinajstić information content (AvgIpc) is 2.63. The summed E-state index contributed by atoms with van der Waals surface area (Å²) in [6, 6.07) is 9.13. The quantitative estimate of drug-likeness (QED) is 0.627. The Hall–Kier alpha value is -2.70. The number of fused-ring (bicyclic) bond motifs is 2. The van der Waals surface area contributed by atoms with Crippen LogP contribution < -0.4 is 8.84 Å². The van der Waals surface area contributed by atoms with E-state index < -0.39 is 17.6 Å². The van der Waals surface area contributed by atoms with E-state index in [9.17, 15) is 19.2 Å². The van der Waals surface area contributed by atoms with Gasteiger partial charge in [-0.05, 0) is 12.1 Å². The highest BCUT2D eigenvalue weighted by Gasteiger charge is 2.36. The van der Waals surface area contributed by atoms with Crippen LogP contribution in [0.15, 0.2) is 36.4 Å². The molecule has 0 aromatic heterocycles. The summed E-state index contributed by atoms with van der Waals surface area (Å²) in [7, 11) is 0. The second kappa shape index (κ2) is 6.55. The highest BCUT2D eigenvalue weighted by atomic mass is 35.5. The van der Waals surface area contributed by atoms with E-state index in [4.69, 9.17) is 23.6 Å². The number of carbonyl (C=O) groups excluding carboxylic acids is 4. The summed E-state index contributed by atoms with van der Waals surface area (Å²) >= 11 is 12.1. The summed E-state index contributed by atoms with van der Waals surface area (Å²) < 4.78 is 1.43. The predicted octanol–water partition coefficient (Wildman–Crippen LogP) is 3.48. The van der Waals surface area contributed by atoms with Crippen LogP contribution in [-0.2, 0) is 9.59 Å². The van der Waals surface area contributed by atoms with E-state index in [1.54, 1.807) is 18.2 Å². The van der Waals surface area contributed by atoms with Crippen molar-refractivity contribution in [3.63, 3.8) is 0 Å². The second-order valence-corrected chi connectivity index (χ2v) is 6.34. The molecule has 1 aliphatic rings. The van der Waals surface area contributed by atoms with Gasteiger partial charge in [-0.3, -0.25) is 19.2 Å². The van der Waals surface area contributed by atoms with E-state index in [-0.39, 0.29) is 39.4 Å². The van der Waals surface area contributed by atoms with Crippen molar-refractivity contribution < 1.29 is 19.2 Å². The van der Waals surface area contributed by atoms with Crippen molar-refractivity contribution in [2.24, 2.45) is 0 Å². The molecule has 0 atom stereocenters. The topological polar surface area (TPSA) is 74.8 Å². The zero-order chi connectivity index (χ0) is 19.2. The van der Waals surface area contributed by atoms with Crippen molar-refractivity contribution in [2.75, 3.05) is 8.84 Å². The fourth-order valence-corrected chi connectivity index (χ4v) is 3.15. The first-order valence-corrected chi connectivity index (χ1v) is 8.21. The Labute approximate surface area is 159 Å². The van der Waals surface area contributed by atoms with Crippen LogP contribution in [-0.4, -0.2) is 23.4 Å². The summed E-state index contributed by atoms with van der Waals surface area (Å²) in [5, 5.41) is 0. The molecular formula is C18H12Cl2N2O4. The lowest BCUT2D eigenvalue weighted by Gasteiger charge is -2.27. The second-order valence-electron chi connectivity index (χ2n) is 5.66. The van der Waals surface area contributed by atoms with Gasteiger partial charge in [0.05, 0.1) is 16.9 Å². The standard InChI is InChI=1S/C18H12Cl2N2O4/c1-9(23)21(19)14-8-7-13-15(16(14)22(20)10(2)24)18(26)12-6-4-3-5-11(12)17(13)25/h3-8H,1-2H3. The van der Waals surface area contributed by atoms with Gasteiger partial charge in [0.1, 0.15) is 0 Å². The summed E-state index contributed by atoms with van der Waals surface area (Å²) in [6.45, 7) is 2.40. The molecule has 6 nitrogen and oxygen atoms in total. The SMILES string of the molecule is CC(=O)N(Cl)c1ccc2c(c1N(Cl)C(C)=O)C(=O)c1ccccc1C2=O. The Morgan fingerprint density at radius 3 is 1.85 bits per heavy atom. The van der Waals surface area contributed by atoms with Crippen LogP contribution in [0.3, 0.4) is 0 Å². The fraction of sp³-hybridized carbons (Fsp3) is 0.111. The van der Waals surface area contributed by atoms with E-state index >= 15 is 0 Å². The molecule has 0 radical (unpaired) electrons. The first-order valence-electron chi connectivity index (χ1n) is 7.54. The Kier molecular flexibility index (Phi) is 4.56. The minimum absolute atomic E-state index is 0.0312. The average molecular weight is 391 g/mol. The molecule has 3 rings (SSSR count). The first kappa shape index (κ1) is 18.1. The van der Waals surface area contributed by atoms with Crippen LogP contribution in [0.25, 0.3) is 0 Å². The number of rotatable bonds is 2. The van der Waals surface area contributed by atoms with Gasteiger partial charge in [-0.2, -0.15) is 0 Å². The van der Waals surface area contributed by atoms with Crippen molar-refractivity contribution in [1.82, 2.24) is 0 Å². The maximum atomic E-state index is 13.1. The van der Waals surface area contributed by atoms with E-state index in [0.29, 0.717) is 4.42 Å². The van der Waals surface area contributed by atoms with Gasteiger partial charge in [0.25, 0.3) is 0 Å². The highest BCUT2D eigenvalue weighted by molar-refractivity contribution is 6.43. The molecule has 0 heterocycles. The number of nitrogens with zero attached hydrogens (tertiary/aromatic N) is 2. The van der Waals surface area contributed by atoms with Gasteiger partial charge in [0, 0.05) is 54.1 Å². The third-order valence-electron chi connectivity index (χ3n) is 4.01. The molecule has 0 N–H and O–H groups in total. The lowest BCUT2D eigenvalue weighted by Crippen LogP contribution is -2.29. The molecule has 0 fully saturated rings. The van der Waals surface area contributed by atoms with Gasteiger partial charge < -0.3 is 0 Å². The maximum absolute atomic E-state index is 13.1. The zero-order valence-electron chi connectivity index (χ0n) is 13.7.